The van der Waals surface area contributed by atoms with Gasteiger partial charge in [-0.1, -0.05) is 36.4 Å². The maximum absolute atomic E-state index is 12.6. The number of aromatic nitrogens is 2. The average molecular weight is 446 g/mol. The number of nitrogens with one attached hydrogen (secondary N) is 2. The Morgan fingerprint density at radius 2 is 1.81 bits per heavy atom. The quantitative estimate of drug-likeness (QED) is 0.408. The SMILES string of the molecule is COc1cccc(Oc2c(NS(=O)(=O)NCc3ccccc3)ncnc2OCCO)c1. The number of benzene rings is 2. The van der Waals surface area contributed by atoms with E-state index in [0.29, 0.717) is 11.5 Å². The Balaban J connectivity index is 1.85. The van der Waals surface area contributed by atoms with Crippen molar-refractivity contribution in [2.75, 3.05) is 25.0 Å². The summed E-state index contributed by atoms with van der Waals surface area (Å²) in [6.45, 7) is -0.243. The molecule has 11 heteroatoms. The first kappa shape index (κ1) is 22.3. The molecule has 0 unspecified atom stereocenters. The molecule has 0 amide bonds. The topological polar surface area (TPSA) is 132 Å². The van der Waals surface area contributed by atoms with Gasteiger partial charge in [-0.15, -0.1) is 0 Å². The number of hydrogen-bond donors (Lipinski definition) is 3. The smallest absolute Gasteiger partial charge is 0.300 e. The highest BCUT2D eigenvalue weighted by Gasteiger charge is 2.21. The van der Waals surface area contributed by atoms with Crippen molar-refractivity contribution in [2.45, 2.75) is 6.54 Å². The average Bonchev–Trinajstić information content (AvgIpc) is 2.78. The molecule has 31 heavy (non-hydrogen) atoms. The molecule has 3 aromatic rings. The molecule has 0 radical (unpaired) electrons. The Morgan fingerprint density at radius 1 is 1.03 bits per heavy atom. The largest absolute Gasteiger partial charge is 0.497 e. The molecule has 0 aliphatic rings. The Labute approximate surface area is 180 Å². The van der Waals surface area contributed by atoms with Crippen LogP contribution in [0.25, 0.3) is 0 Å². The van der Waals surface area contributed by atoms with Crippen molar-refractivity contribution < 1.29 is 27.7 Å². The monoisotopic (exact) mass is 446 g/mol. The summed E-state index contributed by atoms with van der Waals surface area (Å²) in [4.78, 5) is 7.97. The molecule has 0 saturated carbocycles. The minimum Gasteiger partial charge on any atom is -0.497 e. The van der Waals surface area contributed by atoms with Gasteiger partial charge in [0.15, 0.2) is 5.82 Å². The van der Waals surface area contributed by atoms with Gasteiger partial charge in [-0.3, -0.25) is 4.72 Å². The van der Waals surface area contributed by atoms with E-state index < -0.39 is 10.2 Å². The van der Waals surface area contributed by atoms with Gasteiger partial charge in [0.1, 0.15) is 24.4 Å². The maximum Gasteiger partial charge on any atom is 0.300 e. The molecule has 0 atom stereocenters. The number of nitrogens with zero attached hydrogens (tertiary/aromatic N) is 2. The van der Waals surface area contributed by atoms with Crippen LogP contribution in [-0.2, 0) is 16.8 Å². The maximum atomic E-state index is 12.6. The van der Waals surface area contributed by atoms with Gasteiger partial charge in [0.2, 0.25) is 5.75 Å². The van der Waals surface area contributed by atoms with Gasteiger partial charge >= 0.3 is 10.2 Å². The van der Waals surface area contributed by atoms with E-state index in [4.69, 9.17) is 19.3 Å². The number of hydrogen-bond acceptors (Lipinski definition) is 8. The van der Waals surface area contributed by atoms with Gasteiger partial charge in [0.05, 0.1) is 13.7 Å². The first-order valence-electron chi connectivity index (χ1n) is 9.22. The number of aliphatic hydroxyl groups is 1. The van der Waals surface area contributed by atoms with Gasteiger partial charge in [-0.2, -0.15) is 18.1 Å². The second-order valence-corrected chi connectivity index (χ2v) is 7.62. The summed E-state index contributed by atoms with van der Waals surface area (Å²) in [5, 5.41) is 9.06. The van der Waals surface area contributed by atoms with Gasteiger partial charge in [-0.25, -0.2) is 4.98 Å². The molecule has 164 valence electrons. The fourth-order valence-electron chi connectivity index (χ4n) is 2.49. The number of methoxy groups -OCH3 is 1. The molecule has 1 heterocycles. The van der Waals surface area contributed by atoms with Crippen molar-refractivity contribution in [2.24, 2.45) is 0 Å². The molecule has 1 aromatic heterocycles. The highest BCUT2D eigenvalue weighted by atomic mass is 32.2. The van der Waals surface area contributed by atoms with Crippen molar-refractivity contribution in [3.8, 4) is 23.1 Å². The van der Waals surface area contributed by atoms with E-state index in [2.05, 4.69) is 19.4 Å². The van der Waals surface area contributed by atoms with Crippen LogP contribution in [-0.4, -0.2) is 43.8 Å². The minimum absolute atomic E-state index is 0.0346. The first-order chi connectivity index (χ1) is 15.0. The van der Waals surface area contributed by atoms with Crippen LogP contribution in [0.1, 0.15) is 5.56 Å². The fourth-order valence-corrected chi connectivity index (χ4v) is 3.32. The molecule has 3 N–H and O–H groups in total. The van der Waals surface area contributed by atoms with E-state index in [1.165, 1.54) is 7.11 Å². The number of aliphatic hydroxyl groups excluding tert-OH is 1. The summed E-state index contributed by atoms with van der Waals surface area (Å²) in [6, 6.07) is 15.8. The summed E-state index contributed by atoms with van der Waals surface area (Å²) in [6.07, 6.45) is 1.13. The Bertz CT molecular complexity index is 1100. The van der Waals surface area contributed by atoms with Crippen LogP contribution in [0.3, 0.4) is 0 Å². The van der Waals surface area contributed by atoms with Crippen molar-refractivity contribution in [3.05, 3.63) is 66.5 Å². The van der Waals surface area contributed by atoms with Gasteiger partial charge in [-0.05, 0) is 17.7 Å². The van der Waals surface area contributed by atoms with Crippen LogP contribution in [0.2, 0.25) is 0 Å². The van der Waals surface area contributed by atoms with Crippen LogP contribution in [0.4, 0.5) is 5.82 Å². The lowest BCUT2D eigenvalue weighted by Crippen LogP contribution is -2.30. The van der Waals surface area contributed by atoms with Crippen LogP contribution in [0.5, 0.6) is 23.1 Å². The molecule has 0 aliphatic heterocycles. The lowest BCUT2D eigenvalue weighted by molar-refractivity contribution is 0.192. The van der Waals surface area contributed by atoms with Crippen LogP contribution >= 0.6 is 0 Å². The van der Waals surface area contributed by atoms with E-state index in [1.54, 1.807) is 36.4 Å². The zero-order valence-corrected chi connectivity index (χ0v) is 17.5. The van der Waals surface area contributed by atoms with Gasteiger partial charge in [0, 0.05) is 12.6 Å². The summed E-state index contributed by atoms with van der Waals surface area (Å²) >= 11 is 0. The van der Waals surface area contributed by atoms with E-state index in [0.717, 1.165) is 11.9 Å². The Kier molecular flexibility index (Phi) is 7.60. The Hall–Kier alpha value is -3.41. The van der Waals surface area contributed by atoms with Gasteiger partial charge in [0.25, 0.3) is 5.88 Å². The third-order valence-corrected chi connectivity index (χ3v) is 4.89. The lowest BCUT2D eigenvalue weighted by Gasteiger charge is -2.16. The second-order valence-electron chi connectivity index (χ2n) is 6.12. The first-order valence-corrected chi connectivity index (χ1v) is 10.7. The van der Waals surface area contributed by atoms with Crippen LogP contribution < -0.4 is 23.7 Å². The molecule has 0 spiro atoms. The highest BCUT2D eigenvalue weighted by molar-refractivity contribution is 7.90. The summed E-state index contributed by atoms with van der Waals surface area (Å²) in [5.41, 5.74) is 0.787. The molecule has 2 aromatic carbocycles. The van der Waals surface area contributed by atoms with Crippen molar-refractivity contribution in [1.29, 1.82) is 0 Å². The molecule has 0 bridgehead atoms. The van der Waals surface area contributed by atoms with Crippen LogP contribution in [0.15, 0.2) is 60.9 Å². The number of rotatable bonds is 11. The predicted octanol–water partition coefficient (Wildman–Crippen LogP) is 2.10. The lowest BCUT2D eigenvalue weighted by atomic mass is 10.2. The van der Waals surface area contributed by atoms with E-state index >= 15 is 0 Å². The third kappa shape index (κ3) is 6.54. The summed E-state index contributed by atoms with van der Waals surface area (Å²) < 4.78 is 46.3. The molecule has 3 rings (SSSR count). The molecule has 10 nitrogen and oxygen atoms in total. The summed E-state index contributed by atoms with van der Waals surface area (Å²) in [7, 11) is -2.49. The minimum atomic E-state index is -4.00. The third-order valence-electron chi connectivity index (χ3n) is 3.90. The molecule has 0 fully saturated rings. The highest BCUT2D eigenvalue weighted by Crippen LogP contribution is 2.36. The number of anilines is 1. The summed E-state index contributed by atoms with van der Waals surface area (Å²) in [5.74, 6) is 0.660. The molecular weight excluding hydrogens is 424 g/mol. The molecule has 0 saturated heterocycles. The fraction of sp³-hybridized carbons (Fsp3) is 0.200. The zero-order chi connectivity index (χ0) is 22.1. The number of ether oxygens (including phenoxy) is 3. The standard InChI is InChI=1S/C20H22N4O6S/c1-28-16-8-5-9-17(12-16)30-18-19(21-14-22-20(18)29-11-10-25)24-31(26,27)23-13-15-6-3-2-4-7-15/h2-9,12,14,23,25H,10-11,13H2,1H3,(H,21,22,24). The normalized spacial score (nSPS) is 11.0. The molecule has 0 aliphatic carbocycles. The Morgan fingerprint density at radius 3 is 2.55 bits per heavy atom. The zero-order valence-electron chi connectivity index (χ0n) is 16.7. The van der Waals surface area contributed by atoms with Crippen molar-refractivity contribution >= 4 is 16.0 Å². The van der Waals surface area contributed by atoms with E-state index in [9.17, 15) is 8.42 Å². The second kappa shape index (κ2) is 10.6. The van der Waals surface area contributed by atoms with Gasteiger partial charge < -0.3 is 19.3 Å². The van der Waals surface area contributed by atoms with E-state index in [1.807, 2.05) is 18.2 Å². The molecular formula is C20H22N4O6S. The predicted molar refractivity (Wildman–Crippen MR) is 114 cm³/mol. The van der Waals surface area contributed by atoms with Crippen molar-refractivity contribution in [1.82, 2.24) is 14.7 Å². The van der Waals surface area contributed by atoms with E-state index in [-0.39, 0.29) is 37.2 Å². The van der Waals surface area contributed by atoms with Crippen molar-refractivity contribution in [3.63, 3.8) is 0 Å². The van der Waals surface area contributed by atoms with Crippen LogP contribution in [0, 0.1) is 0 Å².